The lowest BCUT2D eigenvalue weighted by Gasteiger charge is -2.35. The zero-order valence-corrected chi connectivity index (χ0v) is 14.3. The highest BCUT2D eigenvalue weighted by atomic mass is 16.5. The number of hydrogen-bond donors (Lipinski definition) is 2. The second-order valence-corrected chi connectivity index (χ2v) is 6.32. The van der Waals surface area contributed by atoms with Gasteiger partial charge < -0.3 is 20.1 Å². The first-order chi connectivity index (χ1) is 11.5. The molecule has 24 heavy (non-hydrogen) atoms. The van der Waals surface area contributed by atoms with Crippen LogP contribution in [0.5, 0.6) is 0 Å². The Labute approximate surface area is 142 Å². The lowest BCUT2D eigenvalue weighted by Crippen LogP contribution is -2.50. The molecule has 2 rings (SSSR count). The van der Waals surface area contributed by atoms with Crippen molar-refractivity contribution >= 4 is 12.0 Å². The molecule has 132 valence electrons. The van der Waals surface area contributed by atoms with Crippen LogP contribution in [0.4, 0.5) is 4.79 Å². The molecule has 0 aromatic heterocycles. The van der Waals surface area contributed by atoms with Crippen molar-refractivity contribution in [2.45, 2.75) is 26.4 Å². The number of likely N-dealkylation sites (tertiary alicyclic amines) is 1. The van der Waals surface area contributed by atoms with E-state index in [9.17, 15) is 14.7 Å². The Bertz CT molecular complexity index is 549. The van der Waals surface area contributed by atoms with Gasteiger partial charge in [0.05, 0.1) is 12.0 Å². The van der Waals surface area contributed by atoms with E-state index in [0.29, 0.717) is 26.1 Å². The predicted molar refractivity (Wildman–Crippen MR) is 90.7 cm³/mol. The Morgan fingerprint density at radius 2 is 2.04 bits per heavy atom. The number of rotatable bonds is 6. The van der Waals surface area contributed by atoms with Gasteiger partial charge in [-0.3, -0.25) is 4.79 Å². The predicted octanol–water partition coefficient (Wildman–Crippen LogP) is 2.52. The number of piperidine rings is 1. The van der Waals surface area contributed by atoms with Crippen LogP contribution in [-0.4, -0.2) is 48.2 Å². The van der Waals surface area contributed by atoms with E-state index in [4.69, 9.17) is 4.74 Å². The third kappa shape index (κ3) is 4.96. The van der Waals surface area contributed by atoms with Gasteiger partial charge in [0.2, 0.25) is 0 Å². The fourth-order valence-electron chi connectivity index (χ4n) is 3.13. The summed E-state index contributed by atoms with van der Waals surface area (Å²) in [5.74, 6) is -1.14. The Kier molecular flexibility index (Phi) is 6.61. The molecule has 1 aliphatic rings. The molecule has 1 aliphatic heterocycles. The summed E-state index contributed by atoms with van der Waals surface area (Å²) in [5, 5.41) is 12.1. The first-order valence-electron chi connectivity index (χ1n) is 8.43. The molecule has 3 unspecified atom stereocenters. The van der Waals surface area contributed by atoms with E-state index in [0.717, 1.165) is 5.56 Å². The largest absolute Gasteiger partial charge is 0.481 e. The van der Waals surface area contributed by atoms with Crippen molar-refractivity contribution in [3.05, 3.63) is 35.9 Å². The van der Waals surface area contributed by atoms with Crippen LogP contribution in [0.25, 0.3) is 0 Å². The van der Waals surface area contributed by atoms with Crippen LogP contribution in [0.3, 0.4) is 0 Å². The second-order valence-electron chi connectivity index (χ2n) is 6.32. The van der Waals surface area contributed by atoms with E-state index in [1.54, 1.807) is 4.90 Å². The average Bonchev–Trinajstić information content (AvgIpc) is 2.58. The van der Waals surface area contributed by atoms with Crippen LogP contribution in [-0.2, 0) is 9.53 Å². The topological polar surface area (TPSA) is 78.9 Å². The number of amides is 2. The number of urea groups is 1. The number of carbonyl (C=O) groups excluding carboxylic acids is 1. The van der Waals surface area contributed by atoms with E-state index in [1.807, 2.05) is 44.2 Å². The number of carboxylic acid groups (broad SMARTS) is 1. The van der Waals surface area contributed by atoms with Gasteiger partial charge in [-0.05, 0) is 24.8 Å². The zero-order valence-electron chi connectivity index (χ0n) is 14.3. The molecule has 0 bridgehead atoms. The van der Waals surface area contributed by atoms with Crippen LogP contribution in [0.2, 0.25) is 0 Å². The molecule has 1 heterocycles. The van der Waals surface area contributed by atoms with Crippen molar-refractivity contribution in [3.63, 3.8) is 0 Å². The van der Waals surface area contributed by atoms with Crippen molar-refractivity contribution in [1.82, 2.24) is 10.2 Å². The summed E-state index contributed by atoms with van der Waals surface area (Å²) >= 11 is 0. The van der Waals surface area contributed by atoms with Crippen molar-refractivity contribution < 1.29 is 19.4 Å². The van der Waals surface area contributed by atoms with Crippen LogP contribution >= 0.6 is 0 Å². The number of carboxylic acids is 1. The molecule has 0 aliphatic carbocycles. The van der Waals surface area contributed by atoms with Gasteiger partial charge >= 0.3 is 12.0 Å². The van der Waals surface area contributed by atoms with E-state index >= 15 is 0 Å². The summed E-state index contributed by atoms with van der Waals surface area (Å²) < 4.78 is 5.72. The second kappa shape index (κ2) is 8.68. The van der Waals surface area contributed by atoms with Gasteiger partial charge in [-0.2, -0.15) is 0 Å². The van der Waals surface area contributed by atoms with Gasteiger partial charge in [0.1, 0.15) is 0 Å². The highest BCUT2D eigenvalue weighted by Gasteiger charge is 2.32. The molecule has 1 aromatic carbocycles. The van der Waals surface area contributed by atoms with Gasteiger partial charge in [0.15, 0.2) is 0 Å². The highest BCUT2D eigenvalue weighted by molar-refractivity contribution is 5.76. The van der Waals surface area contributed by atoms with Gasteiger partial charge in [-0.15, -0.1) is 0 Å². The van der Waals surface area contributed by atoms with Gasteiger partial charge in [0, 0.05) is 26.2 Å². The fraction of sp³-hybridized carbons (Fsp3) is 0.556. The molecule has 2 amide bonds. The standard InChI is InChI=1S/C18H26N2O4/c1-3-24-16(14-7-5-4-6-8-14)10-19-18(23)20-11-13(2)9-15(12-20)17(21)22/h4-8,13,15-16H,3,9-12H2,1-2H3,(H,19,23)(H,21,22). The summed E-state index contributed by atoms with van der Waals surface area (Å²) in [4.78, 5) is 25.2. The molecule has 6 nitrogen and oxygen atoms in total. The third-order valence-electron chi connectivity index (χ3n) is 4.27. The molecule has 1 aromatic rings. The van der Waals surface area contributed by atoms with Crippen molar-refractivity contribution in [3.8, 4) is 0 Å². The quantitative estimate of drug-likeness (QED) is 0.838. The van der Waals surface area contributed by atoms with Crippen LogP contribution in [0.1, 0.15) is 31.9 Å². The summed E-state index contributed by atoms with van der Waals surface area (Å²) in [6.45, 7) is 5.65. The Balaban J connectivity index is 1.94. The Morgan fingerprint density at radius 1 is 1.33 bits per heavy atom. The molecule has 0 radical (unpaired) electrons. The molecule has 0 saturated carbocycles. The van der Waals surface area contributed by atoms with E-state index in [-0.39, 0.29) is 24.6 Å². The zero-order chi connectivity index (χ0) is 17.5. The summed E-state index contributed by atoms with van der Waals surface area (Å²) in [7, 11) is 0. The smallest absolute Gasteiger partial charge is 0.317 e. The molecule has 3 atom stereocenters. The third-order valence-corrected chi connectivity index (χ3v) is 4.27. The van der Waals surface area contributed by atoms with Crippen LogP contribution in [0, 0.1) is 11.8 Å². The SMILES string of the molecule is CCOC(CNC(=O)N1CC(C)CC(C(=O)O)C1)c1ccccc1. The number of benzene rings is 1. The molecular weight excluding hydrogens is 308 g/mol. The normalized spacial score (nSPS) is 22.0. The molecule has 1 saturated heterocycles. The molecular formula is C18H26N2O4. The number of nitrogens with zero attached hydrogens (tertiary/aromatic N) is 1. The van der Waals surface area contributed by atoms with Crippen molar-refractivity contribution in [1.29, 1.82) is 0 Å². The lowest BCUT2D eigenvalue weighted by molar-refractivity contribution is -0.143. The molecule has 1 fully saturated rings. The van der Waals surface area contributed by atoms with Gasteiger partial charge in [0.25, 0.3) is 0 Å². The van der Waals surface area contributed by atoms with Gasteiger partial charge in [-0.25, -0.2) is 4.79 Å². The maximum absolute atomic E-state index is 12.4. The average molecular weight is 334 g/mol. The Hall–Kier alpha value is -2.08. The van der Waals surface area contributed by atoms with Crippen molar-refractivity contribution in [2.75, 3.05) is 26.2 Å². The maximum atomic E-state index is 12.4. The highest BCUT2D eigenvalue weighted by Crippen LogP contribution is 2.22. The number of aliphatic carboxylic acids is 1. The summed E-state index contributed by atoms with van der Waals surface area (Å²) in [6, 6.07) is 9.52. The van der Waals surface area contributed by atoms with E-state index in [2.05, 4.69) is 5.32 Å². The van der Waals surface area contributed by atoms with Crippen LogP contribution < -0.4 is 5.32 Å². The number of nitrogens with one attached hydrogen (secondary N) is 1. The summed E-state index contributed by atoms with van der Waals surface area (Å²) in [6.07, 6.45) is 0.405. The molecule has 2 N–H and O–H groups in total. The fourth-order valence-corrected chi connectivity index (χ4v) is 3.13. The first kappa shape index (κ1) is 18.3. The minimum absolute atomic E-state index is 0.183. The first-order valence-corrected chi connectivity index (χ1v) is 8.43. The molecule has 6 heteroatoms. The van der Waals surface area contributed by atoms with Gasteiger partial charge in [-0.1, -0.05) is 37.3 Å². The number of carbonyl (C=O) groups is 2. The minimum atomic E-state index is -0.837. The minimum Gasteiger partial charge on any atom is -0.481 e. The van der Waals surface area contributed by atoms with E-state index in [1.165, 1.54) is 0 Å². The van der Waals surface area contributed by atoms with E-state index < -0.39 is 11.9 Å². The monoisotopic (exact) mass is 334 g/mol. The Morgan fingerprint density at radius 3 is 2.67 bits per heavy atom. The molecule has 0 spiro atoms. The van der Waals surface area contributed by atoms with Crippen LogP contribution in [0.15, 0.2) is 30.3 Å². The number of ether oxygens (including phenoxy) is 1. The van der Waals surface area contributed by atoms with Crippen molar-refractivity contribution in [2.24, 2.45) is 11.8 Å². The maximum Gasteiger partial charge on any atom is 0.317 e. The summed E-state index contributed by atoms with van der Waals surface area (Å²) in [5.41, 5.74) is 1.01. The lowest BCUT2D eigenvalue weighted by atomic mass is 9.91. The number of hydrogen-bond acceptors (Lipinski definition) is 3.